The van der Waals surface area contributed by atoms with E-state index in [4.69, 9.17) is 10.00 Å². The van der Waals surface area contributed by atoms with Crippen molar-refractivity contribution >= 4 is 0 Å². The fraction of sp³-hybridized carbons (Fsp3) is 0.462. The van der Waals surface area contributed by atoms with Crippen LogP contribution in [0.4, 0.5) is 4.39 Å². The molecule has 3 nitrogen and oxygen atoms in total. The van der Waals surface area contributed by atoms with Crippen LogP contribution in [-0.4, -0.2) is 19.7 Å². The predicted molar refractivity (Wildman–Crippen MR) is 62.2 cm³/mol. The van der Waals surface area contributed by atoms with E-state index in [1.807, 2.05) is 0 Å². The minimum Gasteiger partial charge on any atom is -0.493 e. The third-order valence-electron chi connectivity index (χ3n) is 3.02. The second kappa shape index (κ2) is 5.65. The summed E-state index contributed by atoms with van der Waals surface area (Å²) in [4.78, 5) is 0. The molecule has 1 fully saturated rings. The fourth-order valence-corrected chi connectivity index (χ4v) is 1.98. The largest absolute Gasteiger partial charge is 0.493 e. The molecule has 4 heteroatoms. The Kier molecular flexibility index (Phi) is 3.94. The van der Waals surface area contributed by atoms with Crippen molar-refractivity contribution in [3.05, 3.63) is 29.6 Å². The molecule has 1 atom stereocenters. The van der Waals surface area contributed by atoms with Crippen molar-refractivity contribution < 1.29 is 9.13 Å². The first-order valence-electron chi connectivity index (χ1n) is 5.83. The van der Waals surface area contributed by atoms with Gasteiger partial charge in [0.2, 0.25) is 0 Å². The van der Waals surface area contributed by atoms with E-state index in [9.17, 15) is 4.39 Å². The van der Waals surface area contributed by atoms with E-state index in [0.29, 0.717) is 18.3 Å². The van der Waals surface area contributed by atoms with E-state index in [1.165, 1.54) is 18.6 Å². The molecule has 2 rings (SSSR count). The van der Waals surface area contributed by atoms with Crippen molar-refractivity contribution in [1.82, 2.24) is 5.32 Å². The molecule has 0 radical (unpaired) electrons. The van der Waals surface area contributed by atoms with Crippen molar-refractivity contribution in [2.45, 2.75) is 12.8 Å². The number of rotatable bonds is 4. The summed E-state index contributed by atoms with van der Waals surface area (Å²) in [7, 11) is 0. The van der Waals surface area contributed by atoms with Gasteiger partial charge in [-0.3, -0.25) is 0 Å². The molecule has 1 unspecified atom stereocenters. The monoisotopic (exact) mass is 234 g/mol. The fourth-order valence-electron chi connectivity index (χ4n) is 1.98. The van der Waals surface area contributed by atoms with Crippen LogP contribution in [0.3, 0.4) is 0 Å². The smallest absolute Gasteiger partial charge is 0.144 e. The molecule has 0 bridgehead atoms. The average Bonchev–Trinajstić information content (AvgIpc) is 2.82. The summed E-state index contributed by atoms with van der Waals surface area (Å²) in [6, 6.07) is 6.13. The second-order valence-corrected chi connectivity index (χ2v) is 4.25. The first-order chi connectivity index (χ1) is 8.29. The Balaban J connectivity index is 1.82. The van der Waals surface area contributed by atoms with E-state index >= 15 is 0 Å². The van der Waals surface area contributed by atoms with Gasteiger partial charge in [-0.15, -0.1) is 0 Å². The normalized spacial score (nSPS) is 18.9. The first-order valence-corrected chi connectivity index (χ1v) is 5.83. The molecule has 1 heterocycles. The highest BCUT2D eigenvalue weighted by molar-refractivity contribution is 5.36. The predicted octanol–water partition coefficient (Wildman–Crippen LogP) is 2.08. The van der Waals surface area contributed by atoms with Crippen LogP contribution in [0.1, 0.15) is 18.4 Å². The molecule has 90 valence electrons. The third-order valence-corrected chi connectivity index (χ3v) is 3.02. The Morgan fingerprint density at radius 1 is 1.53 bits per heavy atom. The lowest BCUT2D eigenvalue weighted by Gasteiger charge is -2.10. The molecule has 1 saturated heterocycles. The van der Waals surface area contributed by atoms with Gasteiger partial charge in [-0.25, -0.2) is 4.39 Å². The highest BCUT2D eigenvalue weighted by Crippen LogP contribution is 2.18. The highest BCUT2D eigenvalue weighted by Gasteiger charge is 2.14. The third kappa shape index (κ3) is 3.18. The summed E-state index contributed by atoms with van der Waals surface area (Å²) < 4.78 is 18.7. The van der Waals surface area contributed by atoms with E-state index in [1.54, 1.807) is 12.1 Å². The minimum absolute atomic E-state index is 0.0531. The van der Waals surface area contributed by atoms with Crippen LogP contribution in [0.5, 0.6) is 5.75 Å². The Morgan fingerprint density at radius 2 is 2.41 bits per heavy atom. The molecule has 0 aromatic heterocycles. The van der Waals surface area contributed by atoms with Gasteiger partial charge in [0.05, 0.1) is 12.2 Å². The lowest BCUT2D eigenvalue weighted by Crippen LogP contribution is -2.11. The van der Waals surface area contributed by atoms with Crippen LogP contribution >= 0.6 is 0 Å². The van der Waals surface area contributed by atoms with E-state index < -0.39 is 5.82 Å². The lowest BCUT2D eigenvalue weighted by molar-refractivity contribution is 0.282. The summed E-state index contributed by atoms with van der Waals surface area (Å²) in [6.07, 6.45) is 2.17. The number of halogens is 1. The number of nitrogens with one attached hydrogen (secondary N) is 1. The summed E-state index contributed by atoms with van der Waals surface area (Å²) in [5.74, 6) is 0.637. The van der Waals surface area contributed by atoms with Gasteiger partial charge in [0.25, 0.3) is 0 Å². The zero-order valence-electron chi connectivity index (χ0n) is 9.58. The topological polar surface area (TPSA) is 45.0 Å². The van der Waals surface area contributed by atoms with E-state index in [-0.39, 0.29) is 5.56 Å². The molecule has 17 heavy (non-hydrogen) atoms. The van der Waals surface area contributed by atoms with Gasteiger partial charge in [0.1, 0.15) is 17.6 Å². The van der Waals surface area contributed by atoms with Gasteiger partial charge >= 0.3 is 0 Å². The Hall–Kier alpha value is -1.60. The van der Waals surface area contributed by atoms with Gasteiger partial charge in [-0.2, -0.15) is 5.26 Å². The maximum atomic E-state index is 13.3. The summed E-state index contributed by atoms with van der Waals surface area (Å²) in [5.41, 5.74) is 0.0531. The Labute approximate surface area is 100 Å². The summed E-state index contributed by atoms with van der Waals surface area (Å²) in [6.45, 7) is 2.72. The van der Waals surface area contributed by atoms with Crippen LogP contribution in [-0.2, 0) is 0 Å². The number of benzene rings is 1. The zero-order valence-corrected chi connectivity index (χ0v) is 9.58. The molecule has 1 aliphatic heterocycles. The molecule has 0 spiro atoms. The van der Waals surface area contributed by atoms with Crippen molar-refractivity contribution in [3.63, 3.8) is 0 Å². The molecule has 1 aromatic carbocycles. The van der Waals surface area contributed by atoms with Gasteiger partial charge in [-0.1, -0.05) is 0 Å². The molecule has 1 aromatic rings. The quantitative estimate of drug-likeness (QED) is 0.867. The van der Waals surface area contributed by atoms with Crippen LogP contribution in [0, 0.1) is 23.1 Å². The Bertz CT molecular complexity index is 422. The van der Waals surface area contributed by atoms with Gasteiger partial charge in [0, 0.05) is 6.07 Å². The Morgan fingerprint density at radius 3 is 3.06 bits per heavy atom. The van der Waals surface area contributed by atoms with Gasteiger partial charge in [0.15, 0.2) is 0 Å². The minimum atomic E-state index is -0.521. The van der Waals surface area contributed by atoms with Crippen molar-refractivity contribution in [2.75, 3.05) is 19.7 Å². The number of ether oxygens (including phenoxy) is 1. The number of hydrogen-bond acceptors (Lipinski definition) is 3. The number of hydrogen-bond donors (Lipinski definition) is 1. The van der Waals surface area contributed by atoms with Crippen molar-refractivity contribution in [1.29, 1.82) is 5.26 Å². The van der Waals surface area contributed by atoms with Crippen molar-refractivity contribution in [3.8, 4) is 11.8 Å². The molecular weight excluding hydrogens is 219 g/mol. The molecule has 1 aliphatic rings. The van der Waals surface area contributed by atoms with Crippen LogP contribution in [0.15, 0.2) is 18.2 Å². The summed E-state index contributed by atoms with van der Waals surface area (Å²) in [5, 5.41) is 11.9. The van der Waals surface area contributed by atoms with Crippen molar-refractivity contribution in [2.24, 2.45) is 5.92 Å². The highest BCUT2D eigenvalue weighted by atomic mass is 19.1. The summed E-state index contributed by atoms with van der Waals surface area (Å²) >= 11 is 0. The maximum absolute atomic E-state index is 13.3. The number of nitrogens with zero attached hydrogens (tertiary/aromatic N) is 1. The molecule has 0 amide bonds. The van der Waals surface area contributed by atoms with Crippen LogP contribution in [0.25, 0.3) is 0 Å². The van der Waals surface area contributed by atoms with Crippen LogP contribution < -0.4 is 10.1 Å². The second-order valence-electron chi connectivity index (χ2n) is 4.25. The van der Waals surface area contributed by atoms with Gasteiger partial charge in [-0.05, 0) is 44.0 Å². The first kappa shape index (κ1) is 11.9. The standard InChI is InChI=1S/C13H15FN2O/c14-13-7-12(2-1-11(13)8-15)17-6-4-10-3-5-16-9-10/h1-2,7,10,16H,3-6,9H2. The average molecular weight is 234 g/mol. The van der Waals surface area contributed by atoms with Gasteiger partial charge < -0.3 is 10.1 Å². The zero-order chi connectivity index (χ0) is 12.1. The van der Waals surface area contributed by atoms with E-state index in [0.717, 1.165) is 19.5 Å². The SMILES string of the molecule is N#Cc1ccc(OCCC2CCNC2)cc1F. The lowest BCUT2D eigenvalue weighted by atomic mass is 10.1. The molecule has 1 N–H and O–H groups in total. The molecule has 0 saturated carbocycles. The molecular formula is C13H15FN2O. The van der Waals surface area contributed by atoms with Crippen LogP contribution in [0.2, 0.25) is 0 Å². The van der Waals surface area contributed by atoms with E-state index in [2.05, 4.69) is 5.32 Å². The molecule has 0 aliphatic carbocycles. The maximum Gasteiger partial charge on any atom is 0.144 e. The number of nitriles is 1.